The maximum absolute atomic E-state index is 6.37. The van der Waals surface area contributed by atoms with Gasteiger partial charge in [-0.15, -0.1) is 0 Å². The maximum atomic E-state index is 6.37. The van der Waals surface area contributed by atoms with Gasteiger partial charge in [0.05, 0.1) is 0 Å². The Kier molecular flexibility index (Phi) is 19.6. The molecule has 0 heterocycles. The summed E-state index contributed by atoms with van der Waals surface area (Å²) in [7, 11) is -0.449. The maximum Gasteiger partial charge on any atom is 0.161 e. The van der Waals surface area contributed by atoms with Crippen LogP contribution >= 0.6 is 0 Å². The van der Waals surface area contributed by atoms with Gasteiger partial charge in [0.25, 0.3) is 0 Å². The predicted octanol–water partition coefficient (Wildman–Crippen LogP) is 5.27. The molecule has 0 bridgehead atoms. The van der Waals surface area contributed by atoms with Gasteiger partial charge >= 0.3 is 0 Å². The van der Waals surface area contributed by atoms with Crippen LogP contribution in [0.3, 0.4) is 0 Å². The minimum absolute atomic E-state index is 0.339. The van der Waals surface area contributed by atoms with Gasteiger partial charge in [0.2, 0.25) is 0 Å². The molecule has 0 fully saturated rings. The summed E-state index contributed by atoms with van der Waals surface area (Å²) in [5, 5.41) is 0. The van der Waals surface area contributed by atoms with Gasteiger partial charge in [-0.1, -0.05) is 55.4 Å². The molecule has 0 amide bonds. The van der Waals surface area contributed by atoms with Gasteiger partial charge in [0.1, 0.15) is 0 Å². The van der Waals surface area contributed by atoms with E-state index in [1.165, 1.54) is 71.0 Å². The second-order valence-corrected chi connectivity index (χ2v) is 11.0. The summed E-state index contributed by atoms with van der Waals surface area (Å²) in [4.78, 5) is 8.18. The second kappa shape index (κ2) is 19.5. The number of hydrogen-bond acceptors (Lipinski definition) is 4. The Morgan fingerprint density at radius 1 is 0.645 bits per heavy atom. The van der Waals surface area contributed by atoms with Gasteiger partial charge in [-0.3, -0.25) is 0 Å². The first-order valence-electron chi connectivity index (χ1n) is 13.8. The molecular weight excluding hydrogens is 398 g/mol. The van der Waals surface area contributed by atoms with Gasteiger partial charge in [0, 0.05) is 31.2 Å². The summed E-state index contributed by atoms with van der Waals surface area (Å²) in [5.41, 5.74) is 0.339. The van der Waals surface area contributed by atoms with E-state index in [-0.39, 0.29) is 0 Å². The van der Waals surface area contributed by atoms with Crippen molar-refractivity contribution < 1.29 is 4.43 Å². The van der Waals surface area contributed by atoms with Crippen LogP contribution in [0, 0.1) is 5.41 Å². The zero-order valence-corrected chi connectivity index (χ0v) is 24.3. The van der Waals surface area contributed by atoms with Crippen LogP contribution in [-0.4, -0.2) is 89.5 Å². The first-order chi connectivity index (χ1) is 15.0. The summed E-state index contributed by atoms with van der Waals surface area (Å²) in [6, 6.07) is 1.31. The normalized spacial score (nSPS) is 13.2. The van der Waals surface area contributed by atoms with E-state index in [4.69, 9.17) is 4.43 Å². The van der Waals surface area contributed by atoms with Gasteiger partial charge in [-0.25, -0.2) is 0 Å². The fourth-order valence-electron chi connectivity index (χ4n) is 5.03. The van der Waals surface area contributed by atoms with E-state index in [9.17, 15) is 0 Å². The molecule has 0 aliphatic carbocycles. The summed E-state index contributed by atoms with van der Waals surface area (Å²) in [6.45, 7) is 29.4. The van der Waals surface area contributed by atoms with Crippen molar-refractivity contribution in [3.8, 4) is 0 Å². The summed E-state index contributed by atoms with van der Waals surface area (Å²) in [6.07, 6.45) is 7.87. The number of nitrogens with zero attached hydrogens (tertiary/aromatic N) is 3. The molecule has 0 aliphatic rings. The molecule has 31 heavy (non-hydrogen) atoms. The van der Waals surface area contributed by atoms with Crippen LogP contribution in [0.15, 0.2) is 0 Å². The van der Waals surface area contributed by atoms with Crippen molar-refractivity contribution in [2.24, 2.45) is 5.41 Å². The van der Waals surface area contributed by atoms with Gasteiger partial charge < -0.3 is 19.1 Å². The number of rotatable bonds is 22. The van der Waals surface area contributed by atoms with Crippen LogP contribution in [0.1, 0.15) is 93.9 Å². The van der Waals surface area contributed by atoms with E-state index < -0.39 is 9.76 Å². The average Bonchev–Trinajstić information content (AvgIpc) is 2.78. The second-order valence-electron chi connectivity index (χ2n) is 9.52. The van der Waals surface area contributed by atoms with Crippen molar-refractivity contribution in [3.63, 3.8) is 0 Å². The highest BCUT2D eigenvalue weighted by molar-refractivity contribution is 6.27. The van der Waals surface area contributed by atoms with Crippen LogP contribution in [-0.2, 0) is 4.43 Å². The monoisotopic (exact) mass is 457 g/mol. The molecule has 0 radical (unpaired) electrons. The van der Waals surface area contributed by atoms with Crippen LogP contribution in [0.5, 0.6) is 0 Å². The minimum Gasteiger partial charge on any atom is -0.421 e. The molecule has 0 aromatic heterocycles. The zero-order valence-electron chi connectivity index (χ0n) is 22.8. The Morgan fingerprint density at radius 3 is 1.32 bits per heavy atom. The van der Waals surface area contributed by atoms with Crippen molar-refractivity contribution in [2.45, 2.75) is 106 Å². The highest BCUT2D eigenvalue weighted by Crippen LogP contribution is 2.30. The molecule has 5 heteroatoms. The largest absolute Gasteiger partial charge is 0.421 e. The van der Waals surface area contributed by atoms with Crippen LogP contribution in [0.4, 0.5) is 0 Å². The lowest BCUT2D eigenvalue weighted by Gasteiger charge is -2.44. The SMILES string of the molecule is CCCN(CC)CC(CC[SiH2]OC(CC)CC)(CN(CC)CCC)CN(CC)CCC. The lowest BCUT2D eigenvalue weighted by atomic mass is 9.82. The molecule has 0 aromatic rings. The third kappa shape index (κ3) is 13.4. The van der Waals surface area contributed by atoms with Crippen molar-refractivity contribution in [2.75, 3.05) is 58.9 Å². The van der Waals surface area contributed by atoms with Crippen molar-refractivity contribution in [3.05, 3.63) is 0 Å². The molecule has 0 atom stereocenters. The predicted molar refractivity (Wildman–Crippen MR) is 143 cm³/mol. The summed E-state index contributed by atoms with van der Waals surface area (Å²) < 4.78 is 6.37. The third-order valence-electron chi connectivity index (χ3n) is 6.75. The topological polar surface area (TPSA) is 19.0 Å². The molecule has 4 nitrogen and oxygen atoms in total. The molecule has 0 aromatic carbocycles. The Morgan fingerprint density at radius 2 is 1.03 bits per heavy atom. The first kappa shape index (κ1) is 31.1. The van der Waals surface area contributed by atoms with E-state index in [0.717, 1.165) is 32.5 Å². The van der Waals surface area contributed by atoms with Crippen LogP contribution in [0.2, 0.25) is 6.04 Å². The molecular formula is C26H59N3OSi. The lowest BCUT2D eigenvalue weighted by molar-refractivity contribution is 0.0530. The fraction of sp³-hybridized carbons (Fsp3) is 1.00. The smallest absolute Gasteiger partial charge is 0.161 e. The molecule has 0 rings (SSSR count). The average molecular weight is 458 g/mol. The molecule has 0 unspecified atom stereocenters. The van der Waals surface area contributed by atoms with E-state index in [1.807, 2.05) is 0 Å². The van der Waals surface area contributed by atoms with E-state index in [0.29, 0.717) is 11.5 Å². The van der Waals surface area contributed by atoms with Gasteiger partial charge in [0.15, 0.2) is 9.76 Å². The van der Waals surface area contributed by atoms with Crippen molar-refractivity contribution in [1.29, 1.82) is 0 Å². The van der Waals surface area contributed by atoms with Crippen LogP contribution in [0.25, 0.3) is 0 Å². The highest BCUT2D eigenvalue weighted by Gasteiger charge is 2.35. The van der Waals surface area contributed by atoms with E-state index in [1.54, 1.807) is 0 Å². The zero-order chi connectivity index (χ0) is 23.5. The van der Waals surface area contributed by atoms with E-state index >= 15 is 0 Å². The van der Waals surface area contributed by atoms with Crippen LogP contribution < -0.4 is 0 Å². The van der Waals surface area contributed by atoms with E-state index in [2.05, 4.69) is 70.1 Å². The highest BCUT2D eigenvalue weighted by atomic mass is 28.2. The quantitative estimate of drug-likeness (QED) is 0.163. The Bertz CT molecular complexity index is 352. The first-order valence-corrected chi connectivity index (χ1v) is 15.3. The Labute approximate surface area is 199 Å². The molecule has 0 saturated carbocycles. The molecule has 0 aliphatic heterocycles. The lowest BCUT2D eigenvalue weighted by Crippen LogP contribution is -2.52. The van der Waals surface area contributed by atoms with Gasteiger partial charge in [-0.05, 0) is 83.8 Å². The van der Waals surface area contributed by atoms with Gasteiger partial charge in [-0.2, -0.15) is 0 Å². The standard InChI is InChI=1S/C26H59N3OSi/c1-9-18-27(14-6)22-26(23-28(15-7)19-10-2,24-29(16-8)20-11-3)17-21-31-30-25(12-4)13-5/h25H,9-24,31H2,1-8H3. The number of hydrogen-bond donors (Lipinski definition) is 0. The van der Waals surface area contributed by atoms with Crippen molar-refractivity contribution >= 4 is 9.76 Å². The summed E-state index contributed by atoms with van der Waals surface area (Å²) >= 11 is 0. The fourth-order valence-corrected chi connectivity index (χ4v) is 6.89. The van der Waals surface area contributed by atoms with Crippen molar-refractivity contribution in [1.82, 2.24) is 14.7 Å². The molecule has 0 N–H and O–H groups in total. The molecule has 0 spiro atoms. The Balaban J connectivity index is 5.64. The minimum atomic E-state index is -0.449. The third-order valence-corrected chi connectivity index (χ3v) is 8.10. The Hall–Kier alpha value is 0.0569. The molecule has 188 valence electrons. The molecule has 0 saturated heterocycles. The summed E-state index contributed by atoms with van der Waals surface area (Å²) in [5.74, 6) is 0.